The van der Waals surface area contributed by atoms with Crippen LogP contribution >= 0.6 is 11.8 Å². The maximum atomic E-state index is 13.0. The van der Waals surface area contributed by atoms with Gasteiger partial charge in [0.05, 0.1) is 11.4 Å². The normalized spacial score (nSPS) is 18.8. The SMILES string of the molecule is CN(C)C[C@H]1CSCCCN1C(=O)c1cc(=O)c2ccccc2o1. The van der Waals surface area contributed by atoms with Gasteiger partial charge in [0.15, 0.2) is 11.2 Å². The van der Waals surface area contributed by atoms with Crippen molar-refractivity contribution in [1.29, 1.82) is 0 Å². The molecule has 2 aromatic rings. The third-order valence-electron chi connectivity index (χ3n) is 4.12. The Kier molecular flexibility index (Phi) is 5.26. The highest BCUT2D eigenvalue weighted by Crippen LogP contribution is 2.20. The maximum Gasteiger partial charge on any atom is 0.290 e. The molecule has 1 atom stereocenters. The lowest BCUT2D eigenvalue weighted by Crippen LogP contribution is -2.46. The van der Waals surface area contributed by atoms with Crippen LogP contribution in [0, 0.1) is 0 Å². The van der Waals surface area contributed by atoms with Crippen molar-refractivity contribution in [2.45, 2.75) is 12.5 Å². The number of amides is 1. The summed E-state index contributed by atoms with van der Waals surface area (Å²) in [5, 5.41) is 0.505. The Bertz CT molecular complexity index is 787. The van der Waals surface area contributed by atoms with Crippen LogP contribution in [0.25, 0.3) is 11.0 Å². The van der Waals surface area contributed by atoms with Crippen LogP contribution in [0.5, 0.6) is 0 Å². The van der Waals surface area contributed by atoms with Gasteiger partial charge in [0.25, 0.3) is 5.91 Å². The fraction of sp³-hybridized carbons (Fsp3) is 0.444. The largest absolute Gasteiger partial charge is 0.451 e. The molecule has 24 heavy (non-hydrogen) atoms. The van der Waals surface area contributed by atoms with Crippen LogP contribution in [0.4, 0.5) is 0 Å². The van der Waals surface area contributed by atoms with Gasteiger partial charge in [-0.2, -0.15) is 11.8 Å². The van der Waals surface area contributed by atoms with Crippen molar-refractivity contribution >= 4 is 28.6 Å². The predicted octanol–water partition coefficient (Wildman–Crippen LogP) is 2.30. The monoisotopic (exact) mass is 346 g/mol. The average Bonchev–Trinajstić information content (AvgIpc) is 2.79. The molecule has 128 valence electrons. The van der Waals surface area contributed by atoms with Gasteiger partial charge in [-0.1, -0.05) is 12.1 Å². The van der Waals surface area contributed by atoms with Crippen molar-refractivity contribution < 1.29 is 9.21 Å². The summed E-state index contributed by atoms with van der Waals surface area (Å²) in [6.07, 6.45) is 0.956. The first-order valence-electron chi connectivity index (χ1n) is 8.12. The summed E-state index contributed by atoms with van der Waals surface area (Å²) in [6.45, 7) is 1.50. The zero-order valence-corrected chi connectivity index (χ0v) is 14.8. The van der Waals surface area contributed by atoms with Gasteiger partial charge >= 0.3 is 0 Å². The fourth-order valence-corrected chi connectivity index (χ4v) is 4.08. The van der Waals surface area contributed by atoms with E-state index in [1.807, 2.05) is 30.8 Å². The molecular formula is C18H22N2O3S. The van der Waals surface area contributed by atoms with Crippen LogP contribution in [0.15, 0.2) is 39.5 Å². The molecule has 1 aliphatic rings. The lowest BCUT2D eigenvalue weighted by Gasteiger charge is -2.31. The number of nitrogens with zero attached hydrogens (tertiary/aromatic N) is 2. The van der Waals surface area contributed by atoms with Crippen LogP contribution in [0.1, 0.15) is 17.0 Å². The number of carbonyl (C=O) groups is 1. The van der Waals surface area contributed by atoms with Crippen molar-refractivity contribution in [1.82, 2.24) is 9.80 Å². The van der Waals surface area contributed by atoms with E-state index in [1.165, 1.54) is 6.07 Å². The minimum absolute atomic E-state index is 0.122. The molecule has 1 aromatic carbocycles. The number of benzene rings is 1. The molecule has 1 aliphatic heterocycles. The van der Waals surface area contributed by atoms with E-state index < -0.39 is 0 Å². The summed E-state index contributed by atoms with van der Waals surface area (Å²) in [5.41, 5.74) is 0.287. The van der Waals surface area contributed by atoms with E-state index in [0.717, 1.165) is 24.5 Å². The summed E-state index contributed by atoms with van der Waals surface area (Å²) in [4.78, 5) is 29.2. The number of likely N-dealkylation sites (N-methyl/N-ethyl adjacent to an activating group) is 1. The first-order valence-corrected chi connectivity index (χ1v) is 9.28. The summed E-state index contributed by atoms with van der Waals surface area (Å²) in [6, 6.07) is 8.49. The van der Waals surface area contributed by atoms with Crippen LogP contribution in [-0.2, 0) is 0 Å². The van der Waals surface area contributed by atoms with Crippen LogP contribution in [-0.4, -0.2) is 60.4 Å². The zero-order chi connectivity index (χ0) is 17.1. The van der Waals surface area contributed by atoms with Crippen LogP contribution < -0.4 is 5.43 Å². The molecule has 3 rings (SSSR count). The van der Waals surface area contributed by atoms with Crippen LogP contribution in [0.2, 0.25) is 0 Å². The van der Waals surface area contributed by atoms with Gasteiger partial charge in [-0.3, -0.25) is 9.59 Å². The topological polar surface area (TPSA) is 53.8 Å². The van der Waals surface area contributed by atoms with Gasteiger partial charge in [0.2, 0.25) is 0 Å². The van der Waals surface area contributed by atoms with Crippen molar-refractivity contribution in [3.8, 4) is 0 Å². The number of para-hydroxylation sites is 1. The second-order valence-electron chi connectivity index (χ2n) is 6.31. The third-order valence-corrected chi connectivity index (χ3v) is 5.32. The number of thioether (sulfide) groups is 1. The third kappa shape index (κ3) is 3.65. The Labute approximate surface area is 145 Å². The van der Waals surface area contributed by atoms with E-state index in [1.54, 1.807) is 24.3 Å². The molecule has 1 aromatic heterocycles. The first-order chi connectivity index (χ1) is 11.6. The minimum atomic E-state index is -0.188. The molecule has 6 heteroatoms. The van der Waals surface area contributed by atoms with E-state index in [0.29, 0.717) is 17.5 Å². The Morgan fingerprint density at radius 2 is 2.17 bits per heavy atom. The van der Waals surface area contributed by atoms with Crippen molar-refractivity contribution in [2.75, 3.05) is 38.7 Å². The fourth-order valence-electron chi connectivity index (χ4n) is 3.02. The van der Waals surface area contributed by atoms with E-state index in [-0.39, 0.29) is 23.1 Å². The molecule has 0 aliphatic carbocycles. The van der Waals surface area contributed by atoms with Crippen LogP contribution in [0.3, 0.4) is 0 Å². The lowest BCUT2D eigenvalue weighted by atomic mass is 10.2. The number of carbonyl (C=O) groups excluding carboxylic acids is 1. The molecular weight excluding hydrogens is 324 g/mol. The first kappa shape index (κ1) is 17.0. The Hall–Kier alpha value is -1.79. The minimum Gasteiger partial charge on any atom is -0.451 e. The maximum absolute atomic E-state index is 13.0. The van der Waals surface area contributed by atoms with Gasteiger partial charge in [0, 0.05) is 24.9 Å². The molecule has 0 radical (unpaired) electrons. The van der Waals surface area contributed by atoms with E-state index >= 15 is 0 Å². The standard InChI is InChI=1S/C18H22N2O3S/c1-19(2)11-13-12-24-9-5-8-20(13)18(22)17-10-15(21)14-6-3-4-7-16(14)23-17/h3-4,6-7,10,13H,5,8-9,11-12H2,1-2H3/t13-/m0/s1. The average molecular weight is 346 g/mol. The lowest BCUT2D eigenvalue weighted by molar-refractivity contribution is 0.0644. The zero-order valence-electron chi connectivity index (χ0n) is 14.0. The quantitative estimate of drug-likeness (QED) is 0.854. The number of fused-ring (bicyclic) bond motifs is 1. The number of rotatable bonds is 3. The molecule has 0 spiro atoms. The number of hydrogen-bond donors (Lipinski definition) is 0. The summed E-state index contributed by atoms with van der Waals surface area (Å²) < 4.78 is 5.74. The summed E-state index contributed by atoms with van der Waals surface area (Å²) in [7, 11) is 4.02. The van der Waals surface area contributed by atoms with E-state index in [4.69, 9.17) is 4.42 Å². The molecule has 1 amide bonds. The van der Waals surface area contributed by atoms with Gasteiger partial charge in [-0.05, 0) is 38.4 Å². The molecule has 1 fully saturated rings. The summed E-state index contributed by atoms with van der Waals surface area (Å²) in [5.74, 6) is 1.90. The predicted molar refractivity (Wildman–Crippen MR) is 97.8 cm³/mol. The molecule has 0 bridgehead atoms. The molecule has 5 nitrogen and oxygen atoms in total. The molecule has 0 saturated carbocycles. The van der Waals surface area contributed by atoms with E-state index in [9.17, 15) is 9.59 Å². The Morgan fingerprint density at radius 3 is 2.96 bits per heavy atom. The second-order valence-corrected chi connectivity index (χ2v) is 7.46. The van der Waals surface area contributed by atoms with Gasteiger partial charge in [-0.25, -0.2) is 0 Å². The smallest absolute Gasteiger partial charge is 0.290 e. The second kappa shape index (κ2) is 7.40. The molecule has 1 saturated heterocycles. The van der Waals surface area contributed by atoms with E-state index in [2.05, 4.69) is 4.90 Å². The van der Waals surface area contributed by atoms with Gasteiger partial charge in [-0.15, -0.1) is 0 Å². The van der Waals surface area contributed by atoms with Crippen molar-refractivity contribution in [3.05, 3.63) is 46.3 Å². The highest BCUT2D eigenvalue weighted by atomic mass is 32.2. The molecule has 2 heterocycles. The van der Waals surface area contributed by atoms with Gasteiger partial charge in [0.1, 0.15) is 5.58 Å². The van der Waals surface area contributed by atoms with Gasteiger partial charge < -0.3 is 14.2 Å². The highest BCUT2D eigenvalue weighted by molar-refractivity contribution is 7.99. The Morgan fingerprint density at radius 1 is 1.38 bits per heavy atom. The molecule has 0 N–H and O–H groups in total. The Balaban J connectivity index is 1.95. The number of hydrogen-bond acceptors (Lipinski definition) is 5. The summed E-state index contributed by atoms with van der Waals surface area (Å²) >= 11 is 1.87. The molecule has 0 unspecified atom stereocenters. The highest BCUT2D eigenvalue weighted by Gasteiger charge is 2.28. The van der Waals surface area contributed by atoms with Crippen molar-refractivity contribution in [2.24, 2.45) is 0 Å². The van der Waals surface area contributed by atoms with Crippen molar-refractivity contribution in [3.63, 3.8) is 0 Å².